The predicted octanol–water partition coefficient (Wildman–Crippen LogP) is 4.98. The van der Waals surface area contributed by atoms with E-state index in [1.165, 1.54) is 12.4 Å². The number of amides is 3. The summed E-state index contributed by atoms with van der Waals surface area (Å²) < 4.78 is 29.0. The Hall–Kier alpha value is -3.44. The lowest BCUT2D eigenvalue weighted by atomic mass is 9.91. The van der Waals surface area contributed by atoms with Crippen LogP contribution in [-0.2, 0) is 23.9 Å². The van der Waals surface area contributed by atoms with Crippen molar-refractivity contribution in [3.05, 3.63) is 24.0 Å². The average Bonchev–Trinajstić information content (AvgIpc) is 2.97. The van der Waals surface area contributed by atoms with E-state index in [1.807, 2.05) is 20.8 Å². The number of nitrogens with zero attached hydrogens (tertiary/aromatic N) is 3. The second-order valence-corrected chi connectivity index (χ2v) is 14.0. The first-order chi connectivity index (χ1) is 21.1. The zero-order valence-corrected chi connectivity index (χ0v) is 27.7. The van der Waals surface area contributed by atoms with Crippen molar-refractivity contribution >= 4 is 23.9 Å². The number of hydrogen-bond acceptors (Lipinski definition) is 8. The molecule has 2 saturated heterocycles. The Morgan fingerprint density at radius 2 is 1.67 bits per heavy atom. The van der Waals surface area contributed by atoms with Gasteiger partial charge in [-0.15, -0.1) is 0 Å². The van der Waals surface area contributed by atoms with Gasteiger partial charge in [0.25, 0.3) is 0 Å². The summed E-state index contributed by atoms with van der Waals surface area (Å²) in [6, 6.07) is 0.888. The van der Waals surface area contributed by atoms with Crippen LogP contribution in [-0.4, -0.2) is 89.3 Å². The first-order valence-electron chi connectivity index (χ1n) is 16.0. The zero-order chi connectivity index (χ0) is 33.2. The lowest BCUT2D eigenvalue weighted by molar-refractivity contribution is -0.155. The van der Waals surface area contributed by atoms with Gasteiger partial charge < -0.3 is 29.3 Å². The van der Waals surface area contributed by atoms with Gasteiger partial charge in [-0.25, -0.2) is 9.18 Å². The number of alkyl halides is 1. The Labute approximate surface area is 266 Å². The topological polar surface area (TPSA) is 127 Å². The van der Waals surface area contributed by atoms with E-state index in [-0.39, 0.29) is 30.9 Å². The van der Waals surface area contributed by atoms with Crippen molar-refractivity contribution < 1.29 is 37.8 Å². The zero-order valence-electron chi connectivity index (χ0n) is 27.7. The molecule has 2 aliphatic rings. The second-order valence-electron chi connectivity index (χ2n) is 14.0. The summed E-state index contributed by atoms with van der Waals surface area (Å²) in [5.41, 5.74) is -0.696. The van der Waals surface area contributed by atoms with Crippen LogP contribution < -0.4 is 10.1 Å². The van der Waals surface area contributed by atoms with E-state index in [0.29, 0.717) is 62.7 Å². The summed E-state index contributed by atoms with van der Waals surface area (Å²) in [6.07, 6.45) is 6.66. The molecule has 0 aliphatic carbocycles. The first kappa shape index (κ1) is 36.0. The first-order valence-corrected chi connectivity index (χ1v) is 16.0. The highest BCUT2D eigenvalue weighted by atomic mass is 18.2. The van der Waals surface area contributed by atoms with Gasteiger partial charge in [-0.3, -0.25) is 19.4 Å². The molecule has 0 radical (unpaired) electrons. The van der Waals surface area contributed by atoms with Crippen molar-refractivity contribution in [1.82, 2.24) is 20.1 Å². The summed E-state index contributed by atoms with van der Waals surface area (Å²) in [4.78, 5) is 59.4. The van der Waals surface area contributed by atoms with Gasteiger partial charge in [0.15, 0.2) is 0 Å². The van der Waals surface area contributed by atoms with E-state index in [1.54, 1.807) is 36.6 Å². The predicted molar refractivity (Wildman–Crippen MR) is 166 cm³/mol. The SMILES string of the molecule is CC(C)(C)OC(=O)C[C@H](NC(=O)[C@@H]1CCCN(C(=O)CCC2CCN(C(=O)OC(C)(C)C)CC2)C1)c1cncc(OCC[18F])c1. The van der Waals surface area contributed by atoms with E-state index >= 15 is 0 Å². The number of piperidine rings is 2. The van der Waals surface area contributed by atoms with E-state index in [2.05, 4.69) is 10.3 Å². The molecule has 2 fully saturated rings. The monoisotopic (exact) mass is 633 g/mol. The van der Waals surface area contributed by atoms with Crippen molar-refractivity contribution in [2.45, 2.75) is 104 Å². The van der Waals surface area contributed by atoms with Crippen molar-refractivity contribution in [2.24, 2.45) is 11.8 Å². The number of esters is 1. The van der Waals surface area contributed by atoms with Crippen molar-refractivity contribution in [3.63, 3.8) is 0 Å². The molecule has 3 heterocycles. The summed E-state index contributed by atoms with van der Waals surface area (Å²) in [5, 5.41) is 2.98. The molecular formula is C33H51FN4O7. The number of pyridine rings is 1. The van der Waals surface area contributed by atoms with Gasteiger partial charge in [0.1, 0.15) is 30.2 Å². The average molecular weight is 634 g/mol. The van der Waals surface area contributed by atoms with Gasteiger partial charge in [-0.2, -0.15) is 0 Å². The number of aromatic nitrogens is 1. The Balaban J connectivity index is 1.56. The molecule has 1 aromatic heterocycles. The molecule has 0 spiro atoms. The maximum Gasteiger partial charge on any atom is 0.410 e. The fourth-order valence-corrected chi connectivity index (χ4v) is 5.59. The summed E-state index contributed by atoms with van der Waals surface area (Å²) in [7, 11) is 0. The normalized spacial score (nSPS) is 18.6. The minimum atomic E-state index is -0.744. The van der Waals surface area contributed by atoms with Gasteiger partial charge in [-0.1, -0.05) is 0 Å². The molecule has 3 rings (SSSR count). The smallest absolute Gasteiger partial charge is 0.410 e. The Morgan fingerprint density at radius 3 is 2.31 bits per heavy atom. The maximum atomic E-state index is 13.5. The largest absolute Gasteiger partial charge is 0.489 e. The Bertz CT molecular complexity index is 1160. The third-order valence-corrected chi connectivity index (χ3v) is 7.77. The molecule has 45 heavy (non-hydrogen) atoms. The molecule has 2 atom stereocenters. The second kappa shape index (κ2) is 16.2. The molecule has 11 nitrogen and oxygen atoms in total. The van der Waals surface area contributed by atoms with E-state index < -0.39 is 35.8 Å². The fraction of sp³-hybridized carbons (Fsp3) is 0.727. The molecular weight excluding hydrogens is 582 g/mol. The van der Waals surface area contributed by atoms with E-state index in [9.17, 15) is 23.6 Å². The highest BCUT2D eigenvalue weighted by Crippen LogP contribution is 2.27. The molecule has 2 aliphatic heterocycles. The molecule has 0 aromatic carbocycles. The van der Waals surface area contributed by atoms with Crippen LogP contribution in [0.4, 0.5) is 9.18 Å². The van der Waals surface area contributed by atoms with Crippen LogP contribution in [0.15, 0.2) is 18.5 Å². The van der Waals surface area contributed by atoms with Gasteiger partial charge in [0.05, 0.1) is 24.6 Å². The fourth-order valence-electron chi connectivity index (χ4n) is 5.59. The molecule has 252 valence electrons. The van der Waals surface area contributed by atoms with E-state index in [0.717, 1.165) is 19.3 Å². The molecule has 12 heteroatoms. The summed E-state index contributed by atoms with van der Waals surface area (Å²) in [5.74, 6) is -0.470. The maximum absolute atomic E-state index is 13.5. The van der Waals surface area contributed by atoms with Crippen LogP contribution >= 0.6 is 0 Å². The number of halogens is 1. The van der Waals surface area contributed by atoms with Crippen molar-refractivity contribution in [1.29, 1.82) is 0 Å². The van der Waals surface area contributed by atoms with Gasteiger partial charge >= 0.3 is 12.1 Å². The molecule has 1 N–H and O–H groups in total. The van der Waals surface area contributed by atoms with Gasteiger partial charge in [0, 0.05) is 38.8 Å². The quantitative estimate of drug-likeness (QED) is 0.338. The number of likely N-dealkylation sites (tertiary alicyclic amines) is 2. The van der Waals surface area contributed by atoms with Crippen LogP contribution in [0.1, 0.15) is 98.1 Å². The number of carbonyl (C=O) groups excluding carboxylic acids is 4. The minimum Gasteiger partial charge on any atom is -0.489 e. The summed E-state index contributed by atoms with van der Waals surface area (Å²) in [6.45, 7) is 12.2. The van der Waals surface area contributed by atoms with E-state index in [4.69, 9.17) is 14.2 Å². The third kappa shape index (κ3) is 12.5. The highest BCUT2D eigenvalue weighted by Gasteiger charge is 2.32. The summed E-state index contributed by atoms with van der Waals surface area (Å²) >= 11 is 0. The van der Waals surface area contributed by atoms with Crippen molar-refractivity contribution in [3.8, 4) is 5.75 Å². The number of ether oxygens (including phenoxy) is 3. The van der Waals surface area contributed by atoms with Crippen LogP contribution in [0.5, 0.6) is 5.75 Å². The highest BCUT2D eigenvalue weighted by molar-refractivity contribution is 5.82. The van der Waals surface area contributed by atoms with Crippen LogP contribution in [0.3, 0.4) is 0 Å². The third-order valence-electron chi connectivity index (χ3n) is 7.77. The molecule has 0 unspecified atom stereocenters. The number of hydrogen-bond donors (Lipinski definition) is 1. The lowest BCUT2D eigenvalue weighted by Crippen LogP contribution is -2.46. The number of nitrogens with one attached hydrogen (secondary N) is 1. The van der Waals surface area contributed by atoms with Crippen LogP contribution in [0, 0.1) is 11.8 Å². The van der Waals surface area contributed by atoms with Gasteiger partial charge in [0.2, 0.25) is 11.8 Å². The van der Waals surface area contributed by atoms with Crippen LogP contribution in [0.25, 0.3) is 0 Å². The molecule has 0 saturated carbocycles. The minimum absolute atomic E-state index is 0.0225. The van der Waals surface area contributed by atoms with Crippen LogP contribution in [0.2, 0.25) is 0 Å². The van der Waals surface area contributed by atoms with Crippen molar-refractivity contribution in [2.75, 3.05) is 39.5 Å². The molecule has 3 amide bonds. The number of carbonyl (C=O) groups is 4. The Kier molecular flexibility index (Phi) is 13.0. The molecule has 0 bridgehead atoms. The lowest BCUT2D eigenvalue weighted by Gasteiger charge is -2.35. The standard InChI is InChI=1S/C33H51FN4O7/c1-32(2,3)44-29(40)19-27(25-18-26(21-35-20-25)43-17-13-34)36-30(41)24-8-7-14-38(22-24)28(39)10-9-23-11-15-37(16-12-23)31(42)45-33(4,5)6/h18,20-21,23-24,27H,7-17,19,22H2,1-6H3,(H,36,41)/t24-,27+/m1/s1/i34-1. The van der Waals surface area contributed by atoms with Gasteiger partial charge in [-0.05, 0) is 91.2 Å². The molecule has 1 aromatic rings. The Morgan fingerprint density at radius 1 is 0.978 bits per heavy atom. The number of rotatable bonds is 11.